The van der Waals surface area contributed by atoms with Gasteiger partial charge in [-0.15, -0.1) is 0 Å². The van der Waals surface area contributed by atoms with Crippen LogP contribution in [-0.2, 0) is 0 Å². The maximum absolute atomic E-state index is 12.4. The number of benzene rings is 2. The minimum absolute atomic E-state index is 0.351. The molecule has 4 aromatic rings. The van der Waals surface area contributed by atoms with Gasteiger partial charge < -0.3 is 27.8 Å². The molecule has 0 aliphatic carbocycles. The SMILES string of the molecule is Cc1cc(N)c2cc(NC(=O)Nc3ccc4nc(N)cc(N)c4c3)ccc2n1. The Morgan fingerprint density at radius 2 is 1.32 bits per heavy atom. The Hall–Kier alpha value is -4.07. The molecule has 0 bridgehead atoms. The number of aryl methyl sites for hydroxylation is 1. The van der Waals surface area contributed by atoms with Gasteiger partial charge in [-0.2, -0.15) is 0 Å². The topological polar surface area (TPSA) is 145 Å². The van der Waals surface area contributed by atoms with E-state index in [1.807, 2.05) is 13.0 Å². The van der Waals surface area contributed by atoms with E-state index in [-0.39, 0.29) is 6.03 Å². The minimum atomic E-state index is -0.390. The molecule has 8 nitrogen and oxygen atoms in total. The quantitative estimate of drug-likeness (QED) is 0.364. The highest BCUT2D eigenvalue weighted by molar-refractivity contribution is 6.04. The van der Waals surface area contributed by atoms with Gasteiger partial charge in [0, 0.05) is 45.3 Å². The molecule has 0 atom stereocenters. The number of anilines is 5. The van der Waals surface area contributed by atoms with E-state index >= 15 is 0 Å². The minimum Gasteiger partial charge on any atom is -0.398 e. The third kappa shape index (κ3) is 3.30. The molecule has 2 heterocycles. The largest absolute Gasteiger partial charge is 0.398 e. The molecule has 0 saturated carbocycles. The zero-order valence-corrected chi connectivity index (χ0v) is 15.2. The lowest BCUT2D eigenvalue weighted by Crippen LogP contribution is -2.19. The van der Waals surface area contributed by atoms with E-state index < -0.39 is 0 Å². The zero-order chi connectivity index (χ0) is 19.8. The molecule has 0 radical (unpaired) electrons. The number of nitrogen functional groups attached to an aromatic ring is 3. The summed E-state index contributed by atoms with van der Waals surface area (Å²) in [6, 6.07) is 13.6. The van der Waals surface area contributed by atoms with Crippen LogP contribution < -0.4 is 27.8 Å². The van der Waals surface area contributed by atoms with Crippen LogP contribution in [0.3, 0.4) is 0 Å². The van der Waals surface area contributed by atoms with Crippen molar-refractivity contribution in [1.29, 1.82) is 0 Å². The molecular weight excluding hydrogens is 354 g/mol. The molecule has 2 aromatic heterocycles. The van der Waals surface area contributed by atoms with Gasteiger partial charge in [0.1, 0.15) is 5.82 Å². The molecule has 0 aliphatic heterocycles. The first-order chi connectivity index (χ1) is 13.4. The highest BCUT2D eigenvalue weighted by Crippen LogP contribution is 2.26. The first-order valence-corrected chi connectivity index (χ1v) is 8.60. The molecule has 2 amide bonds. The number of hydrogen-bond donors (Lipinski definition) is 5. The third-order valence-corrected chi connectivity index (χ3v) is 4.34. The van der Waals surface area contributed by atoms with Crippen molar-refractivity contribution in [2.75, 3.05) is 27.8 Å². The van der Waals surface area contributed by atoms with E-state index in [1.54, 1.807) is 42.5 Å². The molecule has 0 spiro atoms. The fourth-order valence-electron chi connectivity index (χ4n) is 3.11. The second-order valence-electron chi connectivity index (χ2n) is 6.53. The number of urea groups is 1. The second-order valence-corrected chi connectivity index (χ2v) is 6.53. The number of amides is 2. The van der Waals surface area contributed by atoms with E-state index in [0.29, 0.717) is 39.5 Å². The molecule has 0 saturated heterocycles. The number of nitrogens with one attached hydrogen (secondary N) is 2. The van der Waals surface area contributed by atoms with E-state index in [4.69, 9.17) is 17.2 Å². The number of carbonyl (C=O) groups excluding carboxylic acids is 1. The summed E-state index contributed by atoms with van der Waals surface area (Å²) in [5.41, 5.74) is 22.3. The molecule has 4 rings (SSSR count). The fourth-order valence-corrected chi connectivity index (χ4v) is 3.11. The van der Waals surface area contributed by atoms with Crippen LogP contribution in [0.1, 0.15) is 5.69 Å². The van der Waals surface area contributed by atoms with Gasteiger partial charge in [0.05, 0.1) is 11.0 Å². The third-order valence-electron chi connectivity index (χ3n) is 4.34. The van der Waals surface area contributed by atoms with Crippen LogP contribution >= 0.6 is 0 Å². The van der Waals surface area contributed by atoms with Crippen LogP contribution in [0.5, 0.6) is 0 Å². The lowest BCUT2D eigenvalue weighted by atomic mass is 10.1. The van der Waals surface area contributed by atoms with Crippen molar-refractivity contribution in [3.05, 3.63) is 54.2 Å². The highest BCUT2D eigenvalue weighted by Gasteiger charge is 2.08. The number of aromatic nitrogens is 2. The molecule has 0 aliphatic rings. The number of hydrogen-bond acceptors (Lipinski definition) is 6. The molecule has 140 valence electrons. The molecule has 0 fully saturated rings. The average molecular weight is 373 g/mol. The number of nitrogens with zero attached hydrogens (tertiary/aromatic N) is 2. The van der Waals surface area contributed by atoms with E-state index in [0.717, 1.165) is 16.6 Å². The van der Waals surface area contributed by atoms with Crippen molar-refractivity contribution in [1.82, 2.24) is 9.97 Å². The van der Waals surface area contributed by atoms with Crippen molar-refractivity contribution >= 4 is 56.4 Å². The fraction of sp³-hybridized carbons (Fsp3) is 0.0500. The van der Waals surface area contributed by atoms with E-state index in [1.165, 1.54) is 0 Å². The predicted molar refractivity (Wildman–Crippen MR) is 114 cm³/mol. The Balaban J connectivity index is 1.56. The summed E-state index contributed by atoms with van der Waals surface area (Å²) < 4.78 is 0. The Labute approximate surface area is 160 Å². The standard InChI is InChI=1S/C20H19N7O/c1-10-6-15(21)13-7-11(2-4-17(13)24-10)25-20(28)26-12-3-5-18-14(8-12)16(22)9-19(23)27-18/h2-9H,1H3,(H2,21,24)(H4,22,23,27)(H2,25,26,28). The van der Waals surface area contributed by atoms with Crippen molar-refractivity contribution < 1.29 is 4.79 Å². The number of pyridine rings is 2. The molecule has 8 N–H and O–H groups in total. The Kier molecular flexibility index (Phi) is 4.08. The summed E-state index contributed by atoms with van der Waals surface area (Å²) in [7, 11) is 0. The van der Waals surface area contributed by atoms with Crippen LogP contribution in [0.2, 0.25) is 0 Å². The van der Waals surface area contributed by atoms with Crippen LogP contribution in [0.25, 0.3) is 21.8 Å². The normalized spacial score (nSPS) is 10.9. The van der Waals surface area contributed by atoms with Gasteiger partial charge in [0.15, 0.2) is 0 Å². The van der Waals surface area contributed by atoms with Gasteiger partial charge in [0.25, 0.3) is 0 Å². The molecule has 28 heavy (non-hydrogen) atoms. The Morgan fingerprint density at radius 1 is 0.786 bits per heavy atom. The second kappa shape index (κ2) is 6.58. The first-order valence-electron chi connectivity index (χ1n) is 8.60. The summed E-state index contributed by atoms with van der Waals surface area (Å²) in [4.78, 5) is 21.0. The molecule has 2 aromatic carbocycles. The van der Waals surface area contributed by atoms with Gasteiger partial charge in [0.2, 0.25) is 0 Å². The summed E-state index contributed by atoms with van der Waals surface area (Å²) >= 11 is 0. The average Bonchev–Trinajstić information content (AvgIpc) is 2.62. The zero-order valence-electron chi connectivity index (χ0n) is 15.2. The smallest absolute Gasteiger partial charge is 0.323 e. The van der Waals surface area contributed by atoms with Crippen LogP contribution in [0.4, 0.5) is 33.4 Å². The van der Waals surface area contributed by atoms with Gasteiger partial charge in [-0.25, -0.2) is 9.78 Å². The van der Waals surface area contributed by atoms with Crippen molar-refractivity contribution in [3.8, 4) is 0 Å². The first kappa shape index (κ1) is 17.3. The van der Waals surface area contributed by atoms with Crippen LogP contribution in [0.15, 0.2) is 48.5 Å². The number of carbonyl (C=O) groups is 1. The van der Waals surface area contributed by atoms with E-state index in [9.17, 15) is 4.79 Å². The monoisotopic (exact) mass is 373 g/mol. The van der Waals surface area contributed by atoms with Crippen LogP contribution in [0, 0.1) is 6.92 Å². The number of rotatable bonds is 2. The number of nitrogens with two attached hydrogens (primary N) is 3. The van der Waals surface area contributed by atoms with Crippen LogP contribution in [-0.4, -0.2) is 16.0 Å². The van der Waals surface area contributed by atoms with Gasteiger partial charge >= 0.3 is 6.03 Å². The molecule has 0 unspecified atom stereocenters. The summed E-state index contributed by atoms with van der Waals surface area (Å²) in [6.07, 6.45) is 0. The van der Waals surface area contributed by atoms with E-state index in [2.05, 4.69) is 20.6 Å². The maximum Gasteiger partial charge on any atom is 0.323 e. The lowest BCUT2D eigenvalue weighted by Gasteiger charge is -2.11. The van der Waals surface area contributed by atoms with Crippen molar-refractivity contribution in [2.45, 2.75) is 6.92 Å². The summed E-state index contributed by atoms with van der Waals surface area (Å²) in [5, 5.41) is 7.08. The molecule has 8 heteroatoms. The summed E-state index contributed by atoms with van der Waals surface area (Å²) in [5.74, 6) is 0.351. The molecular formula is C20H19N7O. The van der Waals surface area contributed by atoms with Gasteiger partial charge in [-0.05, 0) is 49.4 Å². The van der Waals surface area contributed by atoms with Gasteiger partial charge in [-0.1, -0.05) is 0 Å². The predicted octanol–water partition coefficient (Wildman–Crippen LogP) is 3.48. The highest BCUT2D eigenvalue weighted by atomic mass is 16.2. The van der Waals surface area contributed by atoms with Crippen molar-refractivity contribution in [2.24, 2.45) is 0 Å². The number of fused-ring (bicyclic) bond motifs is 2. The van der Waals surface area contributed by atoms with Crippen molar-refractivity contribution in [3.63, 3.8) is 0 Å². The summed E-state index contributed by atoms with van der Waals surface area (Å²) in [6.45, 7) is 1.88. The van der Waals surface area contributed by atoms with Gasteiger partial charge in [-0.3, -0.25) is 4.98 Å². The maximum atomic E-state index is 12.4. The Bertz CT molecular complexity index is 1140. The Morgan fingerprint density at radius 3 is 1.93 bits per heavy atom. The lowest BCUT2D eigenvalue weighted by molar-refractivity contribution is 0.262.